The van der Waals surface area contributed by atoms with E-state index in [1.54, 1.807) is 6.07 Å². The molecule has 0 heterocycles. The lowest BCUT2D eigenvalue weighted by molar-refractivity contribution is 0.390. The average Bonchev–Trinajstić information content (AvgIpc) is 2.39. The van der Waals surface area contributed by atoms with Gasteiger partial charge in [-0.15, -0.1) is 0 Å². The molecule has 0 aromatic heterocycles. The van der Waals surface area contributed by atoms with Gasteiger partial charge >= 0.3 is 0 Å². The number of halogens is 1. The maximum Gasteiger partial charge on any atom is 0.240 e. The molecule has 0 fully saturated rings. The van der Waals surface area contributed by atoms with Crippen LogP contribution >= 0.6 is 0 Å². The Morgan fingerprint density at radius 3 is 2.45 bits per heavy atom. The summed E-state index contributed by atoms with van der Waals surface area (Å²) in [6.07, 6.45) is 1.74. The summed E-state index contributed by atoms with van der Waals surface area (Å²) in [4.78, 5) is -0.0896. The van der Waals surface area contributed by atoms with Crippen molar-refractivity contribution in [3.8, 4) is 6.07 Å². The van der Waals surface area contributed by atoms with Crippen molar-refractivity contribution in [1.29, 1.82) is 5.26 Å². The highest BCUT2D eigenvalue weighted by atomic mass is 32.2. The molecular formula is C14H19FN2O2S. The van der Waals surface area contributed by atoms with Crippen molar-refractivity contribution in [3.63, 3.8) is 0 Å². The number of hydrogen-bond acceptors (Lipinski definition) is 3. The van der Waals surface area contributed by atoms with Gasteiger partial charge in [-0.2, -0.15) is 5.26 Å². The molecule has 20 heavy (non-hydrogen) atoms. The van der Waals surface area contributed by atoms with Crippen molar-refractivity contribution in [2.75, 3.05) is 0 Å². The molecule has 4 nitrogen and oxygen atoms in total. The highest BCUT2D eigenvalue weighted by Gasteiger charge is 2.22. The Morgan fingerprint density at radius 1 is 1.35 bits per heavy atom. The standard InChI is InChI=1S/C14H19FN2O2S/c1-4-11(5-2)10(3)17-20(18,19)13-6-7-14(15)12(8-13)9-16/h6-8,10-11,17H,4-5H2,1-3H3. The van der Waals surface area contributed by atoms with Crippen LogP contribution in [0.3, 0.4) is 0 Å². The first-order valence-corrected chi connectivity index (χ1v) is 8.06. The molecule has 1 unspecified atom stereocenters. The summed E-state index contributed by atoms with van der Waals surface area (Å²) in [5.41, 5.74) is -0.275. The van der Waals surface area contributed by atoms with E-state index in [0.29, 0.717) is 0 Å². The molecule has 0 amide bonds. The molecule has 1 rings (SSSR count). The predicted octanol–water partition coefficient (Wildman–Crippen LogP) is 2.80. The third-order valence-electron chi connectivity index (χ3n) is 3.47. The van der Waals surface area contributed by atoms with Crippen LogP contribution in [0, 0.1) is 23.1 Å². The number of nitrogens with zero attached hydrogens (tertiary/aromatic N) is 1. The molecule has 0 aliphatic heterocycles. The van der Waals surface area contributed by atoms with Crippen LogP contribution in [0.2, 0.25) is 0 Å². The fourth-order valence-corrected chi connectivity index (χ4v) is 3.50. The number of nitrogens with one attached hydrogen (secondary N) is 1. The third-order valence-corrected chi connectivity index (χ3v) is 5.02. The van der Waals surface area contributed by atoms with Crippen molar-refractivity contribution >= 4 is 10.0 Å². The quantitative estimate of drug-likeness (QED) is 0.878. The van der Waals surface area contributed by atoms with Gasteiger partial charge in [0.25, 0.3) is 0 Å². The van der Waals surface area contributed by atoms with Crippen LogP contribution in [0.4, 0.5) is 4.39 Å². The SMILES string of the molecule is CCC(CC)C(C)NS(=O)(=O)c1ccc(F)c(C#N)c1. The largest absolute Gasteiger partial charge is 0.240 e. The fraction of sp³-hybridized carbons (Fsp3) is 0.500. The van der Waals surface area contributed by atoms with Crippen molar-refractivity contribution in [2.45, 2.75) is 44.6 Å². The van der Waals surface area contributed by atoms with Crippen molar-refractivity contribution < 1.29 is 12.8 Å². The highest BCUT2D eigenvalue weighted by molar-refractivity contribution is 7.89. The van der Waals surface area contributed by atoms with E-state index in [9.17, 15) is 12.8 Å². The van der Waals surface area contributed by atoms with E-state index >= 15 is 0 Å². The molecule has 110 valence electrons. The van der Waals surface area contributed by atoms with Crippen LogP contribution in [0.25, 0.3) is 0 Å². The summed E-state index contributed by atoms with van der Waals surface area (Å²) in [6.45, 7) is 5.82. The molecule has 0 radical (unpaired) electrons. The minimum Gasteiger partial charge on any atom is -0.208 e. The molecule has 1 atom stereocenters. The smallest absolute Gasteiger partial charge is 0.208 e. The van der Waals surface area contributed by atoms with Gasteiger partial charge in [-0.05, 0) is 31.0 Å². The van der Waals surface area contributed by atoms with Crippen LogP contribution in [-0.2, 0) is 10.0 Å². The molecule has 0 aliphatic carbocycles. The van der Waals surface area contributed by atoms with Crippen LogP contribution in [0.1, 0.15) is 39.2 Å². The number of nitriles is 1. The summed E-state index contributed by atoms with van der Waals surface area (Å²) in [7, 11) is -3.74. The zero-order valence-electron chi connectivity index (χ0n) is 11.9. The first-order valence-electron chi connectivity index (χ1n) is 6.57. The van der Waals surface area contributed by atoms with E-state index in [2.05, 4.69) is 4.72 Å². The topological polar surface area (TPSA) is 70.0 Å². The summed E-state index contributed by atoms with van der Waals surface area (Å²) in [5.74, 6) is -0.486. The first-order chi connectivity index (χ1) is 9.35. The molecule has 0 saturated carbocycles. The Kier molecular flexibility index (Phi) is 5.66. The second-order valence-electron chi connectivity index (χ2n) is 4.74. The van der Waals surface area contributed by atoms with Gasteiger partial charge in [-0.3, -0.25) is 0 Å². The van der Waals surface area contributed by atoms with Gasteiger partial charge in [0.15, 0.2) is 0 Å². The molecule has 0 aliphatic rings. The summed E-state index contributed by atoms with van der Waals surface area (Å²) < 4.78 is 40.2. The van der Waals surface area contributed by atoms with E-state index in [1.807, 2.05) is 20.8 Å². The molecule has 0 saturated heterocycles. The van der Waals surface area contributed by atoms with Crippen LogP contribution in [-0.4, -0.2) is 14.5 Å². The predicted molar refractivity (Wildman–Crippen MR) is 75.0 cm³/mol. The second-order valence-corrected chi connectivity index (χ2v) is 6.45. The highest BCUT2D eigenvalue weighted by Crippen LogP contribution is 2.18. The van der Waals surface area contributed by atoms with E-state index in [0.717, 1.165) is 31.0 Å². The molecule has 6 heteroatoms. The van der Waals surface area contributed by atoms with Crippen LogP contribution in [0.15, 0.2) is 23.1 Å². The summed E-state index contributed by atoms with van der Waals surface area (Å²) >= 11 is 0. The minimum absolute atomic E-state index is 0.0896. The monoisotopic (exact) mass is 298 g/mol. The lowest BCUT2D eigenvalue weighted by Gasteiger charge is -2.22. The third kappa shape index (κ3) is 3.78. The zero-order valence-corrected chi connectivity index (χ0v) is 12.7. The summed E-state index contributed by atoms with van der Waals surface area (Å²) in [6, 6.07) is 4.63. The van der Waals surface area contributed by atoms with Gasteiger partial charge in [-0.1, -0.05) is 26.7 Å². The van der Waals surface area contributed by atoms with E-state index in [1.165, 1.54) is 0 Å². The normalized spacial score (nSPS) is 13.2. The summed E-state index contributed by atoms with van der Waals surface area (Å²) in [5, 5.41) is 8.75. The Bertz CT molecular complexity index is 604. The van der Waals surface area contributed by atoms with Gasteiger partial charge in [0.1, 0.15) is 11.9 Å². The molecule has 0 bridgehead atoms. The average molecular weight is 298 g/mol. The van der Waals surface area contributed by atoms with E-state index < -0.39 is 15.8 Å². The maximum atomic E-state index is 13.2. The van der Waals surface area contributed by atoms with E-state index in [-0.39, 0.29) is 22.4 Å². The number of benzene rings is 1. The Morgan fingerprint density at radius 2 is 1.95 bits per heavy atom. The zero-order chi connectivity index (χ0) is 15.3. The molecule has 1 aromatic rings. The van der Waals surface area contributed by atoms with Gasteiger partial charge in [0.2, 0.25) is 10.0 Å². The molecular weight excluding hydrogens is 279 g/mol. The van der Waals surface area contributed by atoms with Gasteiger partial charge in [0.05, 0.1) is 10.5 Å². The number of rotatable bonds is 6. The van der Waals surface area contributed by atoms with Crippen molar-refractivity contribution in [1.82, 2.24) is 4.72 Å². The molecule has 1 N–H and O–H groups in total. The Hall–Kier alpha value is -1.45. The van der Waals surface area contributed by atoms with Crippen LogP contribution in [0.5, 0.6) is 0 Å². The van der Waals surface area contributed by atoms with Gasteiger partial charge < -0.3 is 0 Å². The second kappa shape index (κ2) is 6.82. The number of hydrogen-bond donors (Lipinski definition) is 1. The first kappa shape index (κ1) is 16.6. The fourth-order valence-electron chi connectivity index (χ4n) is 2.16. The Balaban J connectivity index is 3.03. The maximum absolute atomic E-state index is 13.2. The number of sulfonamides is 1. The lowest BCUT2D eigenvalue weighted by Crippen LogP contribution is -2.37. The van der Waals surface area contributed by atoms with Gasteiger partial charge in [0, 0.05) is 6.04 Å². The molecule has 0 spiro atoms. The Labute approximate surface area is 119 Å². The van der Waals surface area contributed by atoms with Crippen molar-refractivity contribution in [2.24, 2.45) is 5.92 Å². The van der Waals surface area contributed by atoms with Crippen LogP contribution < -0.4 is 4.72 Å². The lowest BCUT2D eigenvalue weighted by atomic mass is 9.96. The van der Waals surface area contributed by atoms with Gasteiger partial charge in [-0.25, -0.2) is 17.5 Å². The molecule has 1 aromatic carbocycles. The minimum atomic E-state index is -3.74. The van der Waals surface area contributed by atoms with Crippen molar-refractivity contribution in [3.05, 3.63) is 29.6 Å². The van der Waals surface area contributed by atoms with E-state index in [4.69, 9.17) is 5.26 Å².